The average molecular weight is 384 g/mol. The molecule has 1 aliphatic heterocycles. The Morgan fingerprint density at radius 1 is 1.16 bits per heavy atom. The predicted octanol–water partition coefficient (Wildman–Crippen LogP) is 0.175. The van der Waals surface area contributed by atoms with Crippen LogP contribution < -0.4 is 24.0 Å². The molecule has 3 rings (SSSR count). The van der Waals surface area contributed by atoms with Gasteiger partial charge in [0, 0.05) is 10.4 Å². The highest BCUT2D eigenvalue weighted by Gasteiger charge is 2.36. The summed E-state index contributed by atoms with van der Waals surface area (Å²) >= 11 is 1.84. The summed E-state index contributed by atoms with van der Waals surface area (Å²) in [6.07, 6.45) is 1.08. The number of halogens is 1. The van der Waals surface area contributed by atoms with E-state index in [1.165, 1.54) is 16.2 Å². The van der Waals surface area contributed by atoms with E-state index in [2.05, 4.69) is 71.6 Å². The highest BCUT2D eigenvalue weighted by molar-refractivity contribution is 7.10. The fourth-order valence-corrected chi connectivity index (χ4v) is 3.41. The molecule has 0 saturated heterocycles. The Bertz CT molecular complexity index is 563. The van der Waals surface area contributed by atoms with E-state index in [4.69, 9.17) is 0 Å². The van der Waals surface area contributed by atoms with Gasteiger partial charge in [-0.1, -0.05) is 24.3 Å². The Labute approximate surface area is 135 Å². The summed E-state index contributed by atoms with van der Waals surface area (Å²) in [5.41, 5.74) is 2.72. The number of hydrazone groups is 1. The number of hydrogen-bond donors (Lipinski definition) is 0. The molecule has 0 spiro atoms. The van der Waals surface area contributed by atoms with E-state index in [1.807, 2.05) is 11.3 Å². The smallest absolute Gasteiger partial charge is 0.215 e. The molecule has 0 aliphatic carbocycles. The van der Waals surface area contributed by atoms with Crippen molar-refractivity contribution in [2.75, 3.05) is 14.1 Å². The van der Waals surface area contributed by atoms with Gasteiger partial charge in [-0.3, -0.25) is 0 Å². The molecule has 19 heavy (non-hydrogen) atoms. The fourth-order valence-electron chi connectivity index (χ4n) is 2.55. The van der Waals surface area contributed by atoms with Gasteiger partial charge in [0.15, 0.2) is 7.05 Å². The highest BCUT2D eigenvalue weighted by atomic mass is 127. The van der Waals surface area contributed by atoms with E-state index < -0.39 is 0 Å². The van der Waals surface area contributed by atoms with Gasteiger partial charge in [-0.15, -0.1) is 16.0 Å². The second-order valence-electron chi connectivity index (χ2n) is 4.65. The van der Waals surface area contributed by atoms with Crippen molar-refractivity contribution in [3.8, 4) is 0 Å². The summed E-state index contributed by atoms with van der Waals surface area (Å²) in [6.45, 7) is 0. The van der Waals surface area contributed by atoms with Crippen LogP contribution in [0.25, 0.3) is 0 Å². The lowest BCUT2D eigenvalue weighted by Gasteiger charge is -2.15. The van der Waals surface area contributed by atoms with Gasteiger partial charge in [0.25, 0.3) is 0 Å². The molecule has 2 aromatic rings. The molecular formula is C15H17IN2S. The van der Waals surface area contributed by atoms with Crippen molar-refractivity contribution in [2.45, 2.75) is 12.5 Å². The number of benzene rings is 1. The summed E-state index contributed by atoms with van der Waals surface area (Å²) in [4.78, 5) is 1.44. The molecule has 1 atom stereocenters. The maximum Gasteiger partial charge on any atom is 0.215 e. The molecule has 0 bridgehead atoms. The molecule has 2 nitrogen and oxygen atoms in total. The first-order chi connectivity index (χ1) is 8.77. The average Bonchev–Trinajstić information content (AvgIpc) is 3.01. The summed E-state index contributed by atoms with van der Waals surface area (Å²) in [6, 6.07) is 15.5. The minimum Gasteiger partial charge on any atom is -1.00 e. The first-order valence-corrected chi connectivity index (χ1v) is 7.06. The first-order valence-electron chi connectivity index (χ1n) is 6.18. The number of thiophene rings is 1. The van der Waals surface area contributed by atoms with E-state index >= 15 is 0 Å². The maximum atomic E-state index is 2.33. The second kappa shape index (κ2) is 6.05. The van der Waals surface area contributed by atoms with Crippen molar-refractivity contribution in [3.05, 3.63) is 58.3 Å². The third-order valence-corrected chi connectivity index (χ3v) is 4.65. The van der Waals surface area contributed by atoms with Crippen LogP contribution in [0.2, 0.25) is 0 Å². The summed E-state index contributed by atoms with van der Waals surface area (Å²) in [7, 11) is 4.32. The third-order valence-electron chi connectivity index (χ3n) is 3.68. The standard InChI is InChI=1S/C15H17N2S.HI/c1-16-13(12-7-4-3-5-8-12)11-14(17(16)2)15-9-6-10-18-15;/h3-10,14H,11H2,1-2H3;1H/q+1;/p-1. The molecule has 0 amide bonds. The van der Waals surface area contributed by atoms with Crippen LogP contribution >= 0.6 is 11.3 Å². The SMILES string of the molecule is CN1C(c2cccs2)CC(c2ccccc2)=[N+]1C.[I-]. The van der Waals surface area contributed by atoms with Gasteiger partial charge in [0.1, 0.15) is 6.04 Å². The zero-order valence-electron chi connectivity index (χ0n) is 11.1. The number of hydrazine groups is 1. The van der Waals surface area contributed by atoms with Crippen LogP contribution in [0, 0.1) is 0 Å². The lowest BCUT2D eigenvalue weighted by Crippen LogP contribution is -3.00. The van der Waals surface area contributed by atoms with Crippen molar-refractivity contribution in [1.29, 1.82) is 0 Å². The van der Waals surface area contributed by atoms with Gasteiger partial charge < -0.3 is 24.0 Å². The van der Waals surface area contributed by atoms with E-state index in [0.29, 0.717) is 6.04 Å². The highest BCUT2D eigenvalue weighted by Crippen LogP contribution is 2.32. The van der Waals surface area contributed by atoms with Gasteiger partial charge in [0.2, 0.25) is 5.71 Å². The predicted molar refractivity (Wildman–Crippen MR) is 76.2 cm³/mol. The number of nitrogens with zero attached hydrogens (tertiary/aromatic N) is 2. The van der Waals surface area contributed by atoms with Crippen LogP contribution in [-0.2, 0) is 0 Å². The Morgan fingerprint density at radius 3 is 2.53 bits per heavy atom. The molecule has 1 aromatic heterocycles. The minimum atomic E-state index is 0. The lowest BCUT2D eigenvalue weighted by atomic mass is 10.0. The molecule has 1 unspecified atom stereocenters. The van der Waals surface area contributed by atoms with Crippen LogP contribution in [-0.4, -0.2) is 29.5 Å². The van der Waals surface area contributed by atoms with Gasteiger partial charge in [0.05, 0.1) is 13.5 Å². The van der Waals surface area contributed by atoms with Crippen LogP contribution in [0.4, 0.5) is 0 Å². The Balaban J connectivity index is 0.00000133. The molecular weight excluding hydrogens is 367 g/mol. The van der Waals surface area contributed by atoms with Crippen molar-refractivity contribution in [1.82, 2.24) is 5.01 Å². The molecule has 1 aromatic carbocycles. The van der Waals surface area contributed by atoms with E-state index in [1.54, 1.807) is 0 Å². The number of hydrogen-bond acceptors (Lipinski definition) is 2. The van der Waals surface area contributed by atoms with E-state index in [9.17, 15) is 0 Å². The van der Waals surface area contributed by atoms with Crippen LogP contribution in [0.5, 0.6) is 0 Å². The minimum absolute atomic E-state index is 0. The monoisotopic (exact) mass is 384 g/mol. The molecule has 4 heteroatoms. The fraction of sp³-hybridized carbons (Fsp3) is 0.267. The topological polar surface area (TPSA) is 6.25 Å². The van der Waals surface area contributed by atoms with E-state index in [0.717, 1.165) is 6.42 Å². The molecule has 0 N–H and O–H groups in total. The molecule has 1 aliphatic rings. The van der Waals surface area contributed by atoms with Crippen LogP contribution in [0.15, 0.2) is 47.8 Å². The lowest BCUT2D eigenvalue weighted by molar-refractivity contribution is -0.660. The zero-order valence-corrected chi connectivity index (χ0v) is 14.1. The molecule has 2 heterocycles. The van der Waals surface area contributed by atoms with Crippen molar-refractivity contribution in [2.24, 2.45) is 0 Å². The second-order valence-corrected chi connectivity index (χ2v) is 5.62. The van der Waals surface area contributed by atoms with Gasteiger partial charge >= 0.3 is 0 Å². The Morgan fingerprint density at radius 2 is 1.89 bits per heavy atom. The first kappa shape index (κ1) is 14.5. The van der Waals surface area contributed by atoms with Gasteiger partial charge in [-0.25, -0.2) is 0 Å². The summed E-state index contributed by atoms with van der Waals surface area (Å²) < 4.78 is 2.28. The maximum absolute atomic E-state index is 2.33. The van der Waals surface area contributed by atoms with Crippen molar-refractivity contribution >= 4 is 17.0 Å². The third kappa shape index (κ3) is 2.69. The van der Waals surface area contributed by atoms with Crippen molar-refractivity contribution < 1.29 is 28.7 Å². The summed E-state index contributed by atoms with van der Waals surface area (Å²) in [5, 5.41) is 4.48. The van der Waals surface area contributed by atoms with Crippen LogP contribution in [0.1, 0.15) is 22.9 Å². The molecule has 0 fully saturated rings. The Kier molecular flexibility index (Phi) is 4.62. The summed E-state index contributed by atoms with van der Waals surface area (Å²) in [5.74, 6) is 0. The van der Waals surface area contributed by atoms with Gasteiger partial charge in [-0.2, -0.15) is 5.01 Å². The molecule has 100 valence electrons. The largest absolute Gasteiger partial charge is 1.00 e. The Hall–Kier alpha value is -0.880. The number of rotatable bonds is 2. The zero-order chi connectivity index (χ0) is 12.5. The van der Waals surface area contributed by atoms with Crippen molar-refractivity contribution in [3.63, 3.8) is 0 Å². The van der Waals surface area contributed by atoms with Gasteiger partial charge in [-0.05, 0) is 23.6 Å². The molecule has 0 radical (unpaired) electrons. The van der Waals surface area contributed by atoms with Crippen LogP contribution in [0.3, 0.4) is 0 Å². The quantitative estimate of drug-likeness (QED) is 0.529. The normalized spacial score (nSPS) is 18.6. The molecule has 0 saturated carbocycles. The van der Waals surface area contributed by atoms with E-state index in [-0.39, 0.29) is 24.0 Å².